The number of benzene rings is 1. The Hall–Kier alpha value is -1.39. The number of hydrogen-bond donors (Lipinski definition) is 2. The lowest BCUT2D eigenvalue weighted by molar-refractivity contribution is -0.136. The third kappa shape index (κ3) is 2.15. The number of nitrogens with two attached hydrogens (primary N) is 1. The van der Waals surface area contributed by atoms with Gasteiger partial charge in [-0.3, -0.25) is 0 Å². The summed E-state index contributed by atoms with van der Waals surface area (Å²) in [5.74, 6) is 0. The highest BCUT2D eigenvalue weighted by atomic mass is 19.4. The van der Waals surface area contributed by atoms with Crippen molar-refractivity contribution >= 4 is 11.4 Å². The zero-order chi connectivity index (χ0) is 14.6. The van der Waals surface area contributed by atoms with Crippen LogP contribution in [-0.2, 0) is 6.18 Å². The van der Waals surface area contributed by atoms with Gasteiger partial charge in [0.15, 0.2) is 0 Å². The normalized spacial score (nSPS) is 21.2. The largest absolute Gasteiger partial charge is 0.418 e. The predicted molar refractivity (Wildman–Crippen MR) is 70.8 cm³/mol. The second-order valence-electron chi connectivity index (χ2n) is 6.32. The van der Waals surface area contributed by atoms with E-state index in [1.807, 2.05) is 0 Å². The summed E-state index contributed by atoms with van der Waals surface area (Å²) in [5.41, 5.74) is 4.94. The molecule has 2 nitrogen and oxygen atoms in total. The molecule has 1 fully saturated rings. The Balaban J connectivity index is 2.25. The van der Waals surface area contributed by atoms with Crippen LogP contribution in [0.5, 0.6) is 0 Å². The van der Waals surface area contributed by atoms with Gasteiger partial charge in [-0.25, -0.2) is 0 Å². The summed E-state index contributed by atoms with van der Waals surface area (Å²) in [4.78, 5) is 0. The van der Waals surface area contributed by atoms with Crippen molar-refractivity contribution in [2.24, 2.45) is 10.8 Å². The molecular weight excluding hydrogens is 253 g/mol. The third-order valence-corrected chi connectivity index (χ3v) is 4.69. The summed E-state index contributed by atoms with van der Waals surface area (Å²) in [6.45, 7) is 8.42. The van der Waals surface area contributed by atoms with Crippen LogP contribution in [0.15, 0.2) is 18.2 Å². The Labute approximate surface area is 111 Å². The van der Waals surface area contributed by atoms with Gasteiger partial charge in [0.05, 0.1) is 5.56 Å². The monoisotopic (exact) mass is 272 g/mol. The van der Waals surface area contributed by atoms with Gasteiger partial charge in [-0.1, -0.05) is 27.7 Å². The van der Waals surface area contributed by atoms with Crippen LogP contribution in [0, 0.1) is 10.8 Å². The molecule has 1 aromatic rings. The molecule has 0 radical (unpaired) electrons. The minimum Gasteiger partial charge on any atom is -0.398 e. The predicted octanol–water partition coefficient (Wildman–Crippen LogP) is 4.13. The molecule has 19 heavy (non-hydrogen) atoms. The van der Waals surface area contributed by atoms with Crippen LogP contribution in [0.25, 0.3) is 0 Å². The number of anilines is 2. The zero-order valence-electron chi connectivity index (χ0n) is 11.5. The van der Waals surface area contributed by atoms with Crippen molar-refractivity contribution in [1.82, 2.24) is 0 Å². The number of alkyl halides is 3. The lowest BCUT2D eigenvalue weighted by Gasteiger charge is -2.14. The molecule has 0 spiro atoms. The van der Waals surface area contributed by atoms with Gasteiger partial charge < -0.3 is 11.1 Å². The van der Waals surface area contributed by atoms with Gasteiger partial charge in [-0.2, -0.15) is 13.2 Å². The van der Waals surface area contributed by atoms with Crippen molar-refractivity contribution in [3.05, 3.63) is 23.8 Å². The van der Waals surface area contributed by atoms with Crippen LogP contribution >= 0.6 is 0 Å². The number of rotatable bonds is 2. The standard InChI is InChI=1S/C14H19F3N2/c1-12(2)11(13(12,3)4)19-8-5-6-10(18)9(7-8)14(15,16)17/h5-7,11,19H,18H2,1-4H3. The molecule has 3 N–H and O–H groups in total. The molecule has 0 amide bonds. The molecule has 0 unspecified atom stereocenters. The molecule has 5 heteroatoms. The minimum absolute atomic E-state index is 0.0623. The lowest BCUT2D eigenvalue weighted by atomic mass is 10.0. The van der Waals surface area contributed by atoms with Gasteiger partial charge in [0.2, 0.25) is 0 Å². The summed E-state index contributed by atoms with van der Waals surface area (Å²) < 4.78 is 38.3. The molecule has 1 aliphatic rings. The smallest absolute Gasteiger partial charge is 0.398 e. The zero-order valence-corrected chi connectivity index (χ0v) is 11.5. The Kier molecular flexibility index (Phi) is 2.81. The Morgan fingerprint density at radius 3 is 2.05 bits per heavy atom. The second-order valence-corrected chi connectivity index (χ2v) is 6.32. The van der Waals surface area contributed by atoms with Crippen LogP contribution in [0.1, 0.15) is 33.3 Å². The van der Waals surface area contributed by atoms with E-state index in [0.717, 1.165) is 6.07 Å². The SMILES string of the molecule is CC1(C)C(Nc2ccc(N)c(C(F)(F)F)c2)C1(C)C. The maximum Gasteiger partial charge on any atom is 0.418 e. The van der Waals surface area contributed by atoms with E-state index in [-0.39, 0.29) is 22.6 Å². The molecule has 0 atom stereocenters. The summed E-state index contributed by atoms with van der Waals surface area (Å²) in [6.07, 6.45) is -4.42. The molecule has 0 aromatic heterocycles. The topological polar surface area (TPSA) is 38.0 Å². The molecule has 1 aliphatic carbocycles. The molecule has 0 aliphatic heterocycles. The molecule has 0 heterocycles. The molecular formula is C14H19F3N2. The maximum atomic E-state index is 12.8. The van der Waals surface area contributed by atoms with E-state index in [4.69, 9.17) is 5.73 Å². The molecule has 2 rings (SSSR count). The first-order valence-corrected chi connectivity index (χ1v) is 6.21. The van der Waals surface area contributed by atoms with Crippen LogP contribution in [0.2, 0.25) is 0 Å². The number of nitrogen functional groups attached to an aromatic ring is 1. The molecule has 1 aromatic carbocycles. The van der Waals surface area contributed by atoms with Crippen molar-refractivity contribution in [2.75, 3.05) is 11.1 Å². The Morgan fingerprint density at radius 2 is 1.63 bits per heavy atom. The minimum atomic E-state index is -4.42. The van der Waals surface area contributed by atoms with Crippen molar-refractivity contribution in [2.45, 2.75) is 39.9 Å². The van der Waals surface area contributed by atoms with Crippen LogP contribution in [0.3, 0.4) is 0 Å². The molecule has 0 bridgehead atoms. The maximum absolute atomic E-state index is 12.8. The molecule has 106 valence electrons. The summed E-state index contributed by atoms with van der Waals surface area (Å²) in [5, 5.41) is 3.18. The Morgan fingerprint density at radius 1 is 1.11 bits per heavy atom. The number of hydrogen-bond acceptors (Lipinski definition) is 2. The van der Waals surface area contributed by atoms with Gasteiger partial charge in [0, 0.05) is 17.4 Å². The van der Waals surface area contributed by atoms with E-state index >= 15 is 0 Å². The fourth-order valence-corrected chi connectivity index (χ4v) is 2.62. The third-order valence-electron chi connectivity index (χ3n) is 4.69. The fraction of sp³-hybridized carbons (Fsp3) is 0.571. The quantitative estimate of drug-likeness (QED) is 0.794. The highest BCUT2D eigenvalue weighted by molar-refractivity contribution is 5.59. The number of nitrogens with one attached hydrogen (secondary N) is 1. The highest BCUT2D eigenvalue weighted by Gasteiger charge is 2.64. The van der Waals surface area contributed by atoms with E-state index in [9.17, 15) is 13.2 Å². The first-order valence-electron chi connectivity index (χ1n) is 6.21. The van der Waals surface area contributed by atoms with Gasteiger partial charge in [-0.15, -0.1) is 0 Å². The first-order chi connectivity index (χ1) is 8.48. The summed E-state index contributed by atoms with van der Waals surface area (Å²) in [7, 11) is 0. The van der Waals surface area contributed by atoms with E-state index in [2.05, 4.69) is 33.0 Å². The van der Waals surface area contributed by atoms with Crippen molar-refractivity contribution in [1.29, 1.82) is 0 Å². The average Bonchev–Trinajstić information content (AvgIpc) is 2.62. The van der Waals surface area contributed by atoms with Crippen LogP contribution in [-0.4, -0.2) is 6.04 Å². The van der Waals surface area contributed by atoms with Crippen molar-refractivity contribution < 1.29 is 13.2 Å². The average molecular weight is 272 g/mol. The highest BCUT2D eigenvalue weighted by Crippen LogP contribution is 2.63. The molecule has 1 saturated carbocycles. The van der Waals surface area contributed by atoms with E-state index < -0.39 is 11.7 Å². The number of halogens is 3. The van der Waals surface area contributed by atoms with Gasteiger partial charge in [0.25, 0.3) is 0 Å². The summed E-state index contributed by atoms with van der Waals surface area (Å²) in [6, 6.07) is 4.13. The van der Waals surface area contributed by atoms with Gasteiger partial charge in [0.1, 0.15) is 0 Å². The lowest BCUT2D eigenvalue weighted by Crippen LogP contribution is -2.13. The Bertz CT molecular complexity index is 490. The van der Waals surface area contributed by atoms with E-state index in [1.54, 1.807) is 6.07 Å². The summed E-state index contributed by atoms with van der Waals surface area (Å²) >= 11 is 0. The first kappa shape index (κ1) is 14.0. The van der Waals surface area contributed by atoms with Crippen molar-refractivity contribution in [3.63, 3.8) is 0 Å². The van der Waals surface area contributed by atoms with Crippen molar-refractivity contribution in [3.8, 4) is 0 Å². The fourth-order valence-electron chi connectivity index (χ4n) is 2.62. The van der Waals surface area contributed by atoms with Crippen LogP contribution < -0.4 is 11.1 Å². The van der Waals surface area contributed by atoms with Gasteiger partial charge in [-0.05, 0) is 29.0 Å². The molecule has 0 saturated heterocycles. The second kappa shape index (κ2) is 3.81. The van der Waals surface area contributed by atoms with E-state index in [0.29, 0.717) is 5.69 Å². The van der Waals surface area contributed by atoms with E-state index in [1.165, 1.54) is 6.07 Å². The van der Waals surface area contributed by atoms with Gasteiger partial charge >= 0.3 is 6.18 Å². The van der Waals surface area contributed by atoms with Crippen LogP contribution in [0.4, 0.5) is 24.5 Å².